The van der Waals surface area contributed by atoms with E-state index in [2.05, 4.69) is 48.5 Å². The van der Waals surface area contributed by atoms with E-state index < -0.39 is 0 Å². The van der Waals surface area contributed by atoms with Gasteiger partial charge in [0.2, 0.25) is 0 Å². The SMILES string of the molecule is c1ccc2c(-c3[o+]c4ccccc4s3)cccc2c1. The highest BCUT2D eigenvalue weighted by Gasteiger charge is 2.20. The van der Waals surface area contributed by atoms with E-state index in [4.69, 9.17) is 4.42 Å². The second-order valence-electron chi connectivity index (χ2n) is 4.47. The molecule has 1 aromatic heterocycles. The van der Waals surface area contributed by atoms with Crippen LogP contribution in [0.3, 0.4) is 0 Å². The number of rotatable bonds is 1. The van der Waals surface area contributed by atoms with Gasteiger partial charge in [0, 0.05) is 6.07 Å². The fourth-order valence-corrected chi connectivity index (χ4v) is 3.33. The fraction of sp³-hybridized carbons (Fsp3) is 0. The highest BCUT2D eigenvalue weighted by molar-refractivity contribution is 7.21. The van der Waals surface area contributed by atoms with Crippen LogP contribution in [0, 0.1) is 0 Å². The molecule has 0 unspecified atom stereocenters. The second kappa shape index (κ2) is 4.18. The van der Waals surface area contributed by atoms with Gasteiger partial charge in [-0.3, -0.25) is 0 Å². The van der Waals surface area contributed by atoms with Crippen LogP contribution in [0.4, 0.5) is 0 Å². The van der Waals surface area contributed by atoms with Crippen molar-refractivity contribution in [2.24, 2.45) is 0 Å². The van der Waals surface area contributed by atoms with Crippen molar-refractivity contribution in [2.45, 2.75) is 0 Å². The number of hydrogen-bond donors (Lipinski definition) is 0. The molecule has 1 nitrogen and oxygen atoms in total. The maximum Gasteiger partial charge on any atom is 0.418 e. The minimum Gasteiger partial charge on any atom is -0.194 e. The van der Waals surface area contributed by atoms with E-state index >= 15 is 0 Å². The van der Waals surface area contributed by atoms with Gasteiger partial charge in [0.15, 0.2) is 0 Å². The summed E-state index contributed by atoms with van der Waals surface area (Å²) >= 11 is 1.70. The number of benzene rings is 3. The minimum absolute atomic E-state index is 0.954. The summed E-state index contributed by atoms with van der Waals surface area (Å²) in [6.45, 7) is 0. The first-order valence-electron chi connectivity index (χ1n) is 6.22. The van der Waals surface area contributed by atoms with Gasteiger partial charge in [0.1, 0.15) is 4.70 Å². The van der Waals surface area contributed by atoms with Crippen LogP contribution < -0.4 is 0 Å². The standard InChI is InChI=1S/C17H11OS/c1-2-8-13-12(6-1)7-5-9-14(13)17-18-15-10-3-4-11-16(15)19-17/h1-11H/q+1. The zero-order valence-electron chi connectivity index (χ0n) is 10.2. The molecule has 0 saturated heterocycles. The monoisotopic (exact) mass is 263 g/mol. The first-order chi connectivity index (χ1) is 9.42. The number of fused-ring (bicyclic) bond motifs is 2. The molecule has 1 heterocycles. The van der Waals surface area contributed by atoms with Crippen LogP contribution in [0.5, 0.6) is 0 Å². The third-order valence-corrected chi connectivity index (χ3v) is 4.31. The van der Waals surface area contributed by atoms with Gasteiger partial charge in [-0.05, 0) is 34.2 Å². The molecule has 0 saturated carbocycles. The third kappa shape index (κ3) is 1.72. The van der Waals surface area contributed by atoms with Gasteiger partial charge < -0.3 is 0 Å². The second-order valence-corrected chi connectivity index (χ2v) is 5.48. The van der Waals surface area contributed by atoms with E-state index in [0.717, 1.165) is 10.7 Å². The van der Waals surface area contributed by atoms with Crippen LogP contribution in [-0.2, 0) is 0 Å². The smallest absolute Gasteiger partial charge is 0.194 e. The normalized spacial score (nSPS) is 11.2. The zero-order valence-corrected chi connectivity index (χ0v) is 11.0. The Labute approximate surface area is 114 Å². The van der Waals surface area contributed by atoms with E-state index in [9.17, 15) is 0 Å². The van der Waals surface area contributed by atoms with Crippen LogP contribution in [0.15, 0.2) is 71.1 Å². The molecular weight excluding hydrogens is 252 g/mol. The summed E-state index contributed by atoms with van der Waals surface area (Å²) in [6.07, 6.45) is 0. The molecule has 3 aromatic carbocycles. The van der Waals surface area contributed by atoms with Crippen molar-refractivity contribution in [1.29, 1.82) is 0 Å². The van der Waals surface area contributed by atoms with Crippen LogP contribution in [-0.4, -0.2) is 0 Å². The van der Waals surface area contributed by atoms with Crippen molar-refractivity contribution in [3.05, 3.63) is 66.7 Å². The Morgan fingerprint density at radius 1 is 0.737 bits per heavy atom. The average molecular weight is 263 g/mol. The van der Waals surface area contributed by atoms with Gasteiger partial charge in [-0.15, -0.1) is 0 Å². The van der Waals surface area contributed by atoms with Crippen LogP contribution in [0.25, 0.3) is 31.7 Å². The highest BCUT2D eigenvalue weighted by atomic mass is 32.1. The topological polar surface area (TPSA) is 11.3 Å². The molecule has 0 bridgehead atoms. The lowest BCUT2D eigenvalue weighted by Gasteiger charge is -1.98. The lowest BCUT2D eigenvalue weighted by atomic mass is 10.1. The Balaban J connectivity index is 2.03. The molecule has 4 aromatic rings. The van der Waals surface area contributed by atoms with E-state index in [1.165, 1.54) is 21.0 Å². The van der Waals surface area contributed by atoms with Crippen molar-refractivity contribution < 1.29 is 4.42 Å². The van der Waals surface area contributed by atoms with E-state index in [1.807, 2.05) is 18.2 Å². The third-order valence-electron chi connectivity index (χ3n) is 3.26. The average Bonchev–Trinajstić information content (AvgIpc) is 2.90. The van der Waals surface area contributed by atoms with Crippen molar-refractivity contribution in [1.82, 2.24) is 0 Å². The molecule has 0 amide bonds. The Kier molecular flexibility index (Phi) is 2.35. The summed E-state index contributed by atoms with van der Waals surface area (Å²) < 4.78 is 7.17. The largest absolute Gasteiger partial charge is 0.418 e. The van der Waals surface area contributed by atoms with E-state index in [-0.39, 0.29) is 0 Å². The van der Waals surface area contributed by atoms with E-state index in [1.54, 1.807) is 11.3 Å². The molecule has 0 aliphatic rings. The minimum atomic E-state index is 0.954. The first-order valence-corrected chi connectivity index (χ1v) is 7.03. The predicted molar refractivity (Wildman–Crippen MR) is 81.4 cm³/mol. The Hall–Kier alpha value is -2.19. The lowest BCUT2D eigenvalue weighted by molar-refractivity contribution is 0.639. The number of para-hydroxylation sites is 1. The van der Waals surface area contributed by atoms with Crippen molar-refractivity contribution in [3.63, 3.8) is 0 Å². The Bertz CT molecular complexity index is 838. The molecule has 0 atom stereocenters. The molecule has 19 heavy (non-hydrogen) atoms. The molecule has 4 rings (SSSR count). The van der Waals surface area contributed by atoms with Gasteiger partial charge in [-0.2, -0.15) is 4.42 Å². The maximum atomic E-state index is 5.98. The summed E-state index contributed by atoms with van der Waals surface area (Å²) in [5.41, 5.74) is 2.12. The quantitative estimate of drug-likeness (QED) is 0.407. The van der Waals surface area contributed by atoms with Gasteiger partial charge in [0.25, 0.3) is 0 Å². The van der Waals surface area contributed by atoms with Gasteiger partial charge in [-0.1, -0.05) is 48.5 Å². The van der Waals surface area contributed by atoms with Crippen LogP contribution in [0.1, 0.15) is 0 Å². The predicted octanol–water partition coefficient (Wildman–Crippen LogP) is 5.60. The molecule has 2 heteroatoms. The lowest BCUT2D eigenvalue weighted by Crippen LogP contribution is -1.76. The maximum absolute atomic E-state index is 5.98. The zero-order chi connectivity index (χ0) is 12.7. The summed E-state index contributed by atoms with van der Waals surface area (Å²) in [5.74, 6) is 0. The van der Waals surface area contributed by atoms with Crippen LogP contribution in [0.2, 0.25) is 0 Å². The Morgan fingerprint density at radius 2 is 1.53 bits per heavy atom. The Morgan fingerprint density at radius 3 is 2.47 bits per heavy atom. The molecule has 0 aliphatic carbocycles. The van der Waals surface area contributed by atoms with E-state index in [0.29, 0.717) is 0 Å². The van der Waals surface area contributed by atoms with Gasteiger partial charge >= 0.3 is 10.7 Å². The van der Waals surface area contributed by atoms with Crippen molar-refractivity contribution >= 4 is 32.4 Å². The molecule has 0 aliphatic heterocycles. The fourth-order valence-electron chi connectivity index (χ4n) is 2.35. The summed E-state index contributed by atoms with van der Waals surface area (Å²) in [7, 11) is 0. The molecule has 90 valence electrons. The summed E-state index contributed by atoms with van der Waals surface area (Å²) in [5, 5.41) is 3.45. The van der Waals surface area contributed by atoms with Gasteiger partial charge in [0.05, 0.1) is 5.56 Å². The molecule has 0 fully saturated rings. The first kappa shape index (κ1) is 10.7. The molecule has 0 N–H and O–H groups in total. The summed E-state index contributed by atoms with van der Waals surface area (Å²) in [6, 6.07) is 22.9. The van der Waals surface area contributed by atoms with Crippen molar-refractivity contribution in [3.8, 4) is 10.6 Å². The van der Waals surface area contributed by atoms with Crippen molar-refractivity contribution in [2.75, 3.05) is 0 Å². The molecule has 0 radical (unpaired) electrons. The highest BCUT2D eigenvalue weighted by Crippen LogP contribution is 2.36. The van der Waals surface area contributed by atoms with Crippen LogP contribution >= 0.6 is 11.3 Å². The molecule has 0 spiro atoms. The summed E-state index contributed by atoms with van der Waals surface area (Å²) in [4.78, 5) is 0. The van der Waals surface area contributed by atoms with Gasteiger partial charge in [-0.25, -0.2) is 0 Å². The molecular formula is C17H11OS+. The number of hydrogen-bond acceptors (Lipinski definition) is 1.